The summed E-state index contributed by atoms with van der Waals surface area (Å²) in [5.74, 6) is -4.52. The van der Waals surface area contributed by atoms with Crippen molar-refractivity contribution >= 4 is 43.5 Å². The van der Waals surface area contributed by atoms with Crippen LogP contribution in [0.4, 0.5) is 0 Å². The van der Waals surface area contributed by atoms with Gasteiger partial charge in [-0.15, -0.1) is 0 Å². The van der Waals surface area contributed by atoms with Gasteiger partial charge in [0.15, 0.2) is 6.10 Å². The van der Waals surface area contributed by atoms with Crippen LogP contribution in [0.1, 0.15) is 498 Å². The highest BCUT2D eigenvalue weighted by atomic mass is 31.2. The maximum absolute atomic E-state index is 15.1. The number of nitrogens with one attached hydrogen (secondary N) is 2. The Balaban J connectivity index is 2.56. The Bertz CT molecular complexity index is 2510. The van der Waals surface area contributed by atoms with E-state index in [1.165, 1.54) is 186 Å². The van der Waals surface area contributed by atoms with E-state index in [-0.39, 0.29) is 44.5 Å². The summed E-state index contributed by atoms with van der Waals surface area (Å²) in [6, 6.07) is -2.61. The van der Waals surface area contributed by atoms with E-state index < -0.39 is 136 Å². The Morgan fingerprint density at radius 1 is 0.367 bits per heavy atom. The molecule has 0 spiro atoms. The minimum Gasteiger partial charge on any atom is -0.462 e. The number of carbonyl (C=O) groups excluding carboxylic acids is 6. The number of aliphatic hydroxyl groups excluding tert-OH is 3. The molecule has 0 aromatic heterocycles. The van der Waals surface area contributed by atoms with E-state index in [1.54, 1.807) is 6.92 Å². The van der Waals surface area contributed by atoms with Crippen LogP contribution < -0.4 is 10.6 Å². The minimum atomic E-state index is -5.47. The summed E-state index contributed by atoms with van der Waals surface area (Å²) in [5, 5.41) is 41.1. The fourth-order valence-corrected chi connectivity index (χ4v) is 18.0. The molecule has 2 rings (SSSR count). The summed E-state index contributed by atoms with van der Waals surface area (Å²) in [4.78, 5) is 107. The molecule has 0 aromatic carbocycles. The van der Waals surface area contributed by atoms with Gasteiger partial charge in [0, 0.05) is 31.8 Å². The van der Waals surface area contributed by atoms with Crippen molar-refractivity contribution in [3.63, 3.8) is 0 Å². The molecule has 0 bridgehead atoms. The number of esters is 4. The lowest BCUT2D eigenvalue weighted by atomic mass is 9.79. The minimum absolute atomic E-state index is 0.157. The Labute approximate surface area is 732 Å². The summed E-state index contributed by atoms with van der Waals surface area (Å²) in [5.41, 5.74) is 0. The molecule has 0 aromatic rings. The second-order valence-corrected chi connectivity index (χ2v) is 37.5. The first-order chi connectivity index (χ1) is 58.2. The van der Waals surface area contributed by atoms with Gasteiger partial charge in [-0.05, 0) is 71.1 Å². The predicted molar refractivity (Wildman–Crippen MR) is 484 cm³/mol. The molecule has 1 saturated heterocycles. The van der Waals surface area contributed by atoms with Crippen LogP contribution in [-0.2, 0) is 66.3 Å². The SMILES string of the molecule is CCCCCCCCCCCCCCCC(=O)O[C@H](CCCCCCCCCCC)CC(=O)NC1[C@@H](O)[C@H](O)C(CO[C@@H]2CC(CO)[C@@H](OP(=O)(O)O)[C@H](OC(=O)C[C@@H](CCCCCCCCCCC)OC(=O)CCCCCCCCCCCCC)C2NC(=O)C[C@@H](CCCCCCCCCCC)OC(=O)CCCCCCCCCCC)O[C@@H]1C. The van der Waals surface area contributed by atoms with E-state index >= 15 is 4.79 Å². The molecule has 22 heteroatoms. The van der Waals surface area contributed by atoms with Crippen molar-refractivity contribution in [2.75, 3.05) is 13.2 Å². The third-order valence-electron chi connectivity index (χ3n) is 24.9. The van der Waals surface area contributed by atoms with Gasteiger partial charge in [-0.25, -0.2) is 4.57 Å². The van der Waals surface area contributed by atoms with E-state index in [9.17, 15) is 53.6 Å². The summed E-state index contributed by atoms with van der Waals surface area (Å²) < 4.78 is 56.5. The quantitative estimate of drug-likeness (QED) is 0.0129. The van der Waals surface area contributed by atoms with Crippen LogP contribution in [0.5, 0.6) is 0 Å². The van der Waals surface area contributed by atoms with Crippen LogP contribution in [0.2, 0.25) is 0 Å². The number of amides is 2. The molecule has 21 nitrogen and oxygen atoms in total. The molecule has 1 aliphatic carbocycles. The summed E-state index contributed by atoms with van der Waals surface area (Å²) in [7, 11) is -5.47. The zero-order valence-corrected chi connectivity index (χ0v) is 78.7. The predicted octanol–water partition coefficient (Wildman–Crippen LogP) is 24.0. The number of aliphatic hydroxyl groups is 3. The summed E-state index contributed by atoms with van der Waals surface area (Å²) in [6.45, 7) is 13.7. The van der Waals surface area contributed by atoms with Gasteiger partial charge in [0.25, 0.3) is 0 Å². The van der Waals surface area contributed by atoms with Crippen LogP contribution >= 0.6 is 7.82 Å². The number of carbonyl (C=O) groups is 6. The second-order valence-electron chi connectivity index (χ2n) is 36.3. The normalized spacial score (nSPS) is 20.2. The zero-order chi connectivity index (χ0) is 87.7. The van der Waals surface area contributed by atoms with Crippen molar-refractivity contribution in [3.05, 3.63) is 0 Å². The van der Waals surface area contributed by atoms with Crippen molar-refractivity contribution in [2.45, 2.75) is 571 Å². The van der Waals surface area contributed by atoms with Gasteiger partial charge in [0.05, 0.1) is 50.2 Å². The third kappa shape index (κ3) is 60.4. The average Bonchev–Trinajstić information content (AvgIpc) is 0.777. The largest absolute Gasteiger partial charge is 0.469 e. The van der Waals surface area contributed by atoms with Crippen LogP contribution in [-0.4, -0.2) is 147 Å². The van der Waals surface area contributed by atoms with Crippen LogP contribution in [0, 0.1) is 5.92 Å². The van der Waals surface area contributed by atoms with E-state index in [4.69, 9.17) is 32.9 Å². The summed E-state index contributed by atoms with van der Waals surface area (Å²) >= 11 is 0. The molecule has 4 unspecified atom stereocenters. The van der Waals surface area contributed by atoms with Gasteiger partial charge in [-0.2, -0.15) is 0 Å². The first-order valence-corrected chi connectivity index (χ1v) is 52.1. The maximum atomic E-state index is 15.1. The fourth-order valence-electron chi connectivity index (χ4n) is 17.4. The van der Waals surface area contributed by atoms with Crippen LogP contribution in [0.25, 0.3) is 0 Å². The fraction of sp³-hybridized carbons (Fsp3) is 0.939. The van der Waals surface area contributed by atoms with Crippen LogP contribution in [0.3, 0.4) is 0 Å². The number of ether oxygens (including phenoxy) is 6. The molecule has 1 heterocycles. The van der Waals surface area contributed by atoms with Gasteiger partial charge >= 0.3 is 31.7 Å². The Kier molecular flexibility index (Phi) is 72.3. The highest BCUT2D eigenvalue weighted by Crippen LogP contribution is 2.45. The van der Waals surface area contributed by atoms with Crippen molar-refractivity contribution in [2.24, 2.45) is 5.92 Å². The molecule has 13 atom stereocenters. The number of hydrogen-bond acceptors (Lipinski definition) is 17. The highest BCUT2D eigenvalue weighted by molar-refractivity contribution is 7.46. The molecular weight excluding hydrogens is 1540 g/mol. The standard InChI is InChI=1S/C98H185N2O19P/c1-8-14-20-26-32-38-40-41-43-49-55-60-66-71-89(104)115-82(68-62-56-50-44-34-28-22-16-10-3)75-87(102)99-93-80(7)114-86(95(108)96(93)109)79-113-85-74-81(78-101)97(119-120(110,111)112)98(94(85)100-88(103)76-83(69-63-57-51-45-35-29-23-17-11-4)116-90(105)72-65-59-53-47-37-31-25-19-13-6)118-92(107)77-84(70-64-58-52-46-36-30-24-18-12-5)117-91(106)73-67-61-54-48-42-39-33-27-21-15-9-2/h80-86,93-98,101,108-109H,8-79H2,1-7H3,(H,99,102)(H,100,103)(H2,110,111,112)/t80-,81?,82-,83-,84-,85-,86?,93?,94?,95-,96-,97-,98-/m1/s1. The highest BCUT2D eigenvalue weighted by Gasteiger charge is 2.52. The number of hydrogen-bond donors (Lipinski definition) is 7. The smallest absolute Gasteiger partial charge is 0.462 e. The molecule has 1 aliphatic heterocycles. The average molecular weight is 1730 g/mol. The Hall–Kier alpha value is -3.27. The van der Waals surface area contributed by atoms with Gasteiger partial charge < -0.3 is 64.2 Å². The van der Waals surface area contributed by atoms with Gasteiger partial charge in [-0.3, -0.25) is 33.3 Å². The van der Waals surface area contributed by atoms with Crippen molar-refractivity contribution in [3.8, 4) is 0 Å². The molecule has 706 valence electrons. The first kappa shape index (κ1) is 113. The number of unbranched alkanes of at least 4 members (excludes halogenated alkanes) is 54. The van der Waals surface area contributed by atoms with E-state index in [0.717, 1.165) is 167 Å². The second kappa shape index (κ2) is 76.9. The molecule has 7 N–H and O–H groups in total. The first-order valence-electron chi connectivity index (χ1n) is 50.6. The van der Waals surface area contributed by atoms with Crippen molar-refractivity contribution in [1.82, 2.24) is 10.6 Å². The maximum Gasteiger partial charge on any atom is 0.469 e. The lowest BCUT2D eigenvalue weighted by Gasteiger charge is -2.46. The lowest BCUT2D eigenvalue weighted by Crippen LogP contribution is -2.65. The number of rotatable bonds is 84. The van der Waals surface area contributed by atoms with Crippen LogP contribution in [0.15, 0.2) is 0 Å². The molecule has 1 saturated carbocycles. The van der Waals surface area contributed by atoms with Crippen molar-refractivity contribution < 1.29 is 91.4 Å². The van der Waals surface area contributed by atoms with E-state index in [2.05, 4.69) is 52.2 Å². The van der Waals surface area contributed by atoms with E-state index in [0.29, 0.717) is 51.4 Å². The molecule has 0 radical (unpaired) electrons. The lowest BCUT2D eigenvalue weighted by molar-refractivity contribution is -0.211. The third-order valence-corrected chi connectivity index (χ3v) is 25.4. The van der Waals surface area contributed by atoms with E-state index in [1.807, 2.05) is 0 Å². The molecule has 120 heavy (non-hydrogen) atoms. The topological polar surface area (TPSA) is 309 Å². The Morgan fingerprint density at radius 2 is 0.642 bits per heavy atom. The monoisotopic (exact) mass is 1730 g/mol. The zero-order valence-electron chi connectivity index (χ0n) is 77.8. The Morgan fingerprint density at radius 3 is 0.933 bits per heavy atom. The molecule has 2 aliphatic rings. The molecule has 2 amide bonds. The molecular formula is C98H185N2O19P. The van der Waals surface area contributed by atoms with Gasteiger partial charge in [0.2, 0.25) is 11.8 Å². The number of phosphoric ester groups is 1. The van der Waals surface area contributed by atoms with Gasteiger partial charge in [0.1, 0.15) is 42.7 Å². The van der Waals surface area contributed by atoms with Crippen molar-refractivity contribution in [1.29, 1.82) is 0 Å². The summed E-state index contributed by atoms with van der Waals surface area (Å²) in [6.07, 6.45) is 53.4. The van der Waals surface area contributed by atoms with Gasteiger partial charge in [-0.1, -0.05) is 388 Å². The molecule has 2 fully saturated rings. The number of phosphoric acid groups is 1.